The number of benzene rings is 2. The van der Waals surface area contributed by atoms with Crippen LogP contribution in [0, 0.1) is 0 Å². The summed E-state index contributed by atoms with van der Waals surface area (Å²) in [5.41, 5.74) is 0.796. The first-order valence-corrected chi connectivity index (χ1v) is 11.4. The zero-order chi connectivity index (χ0) is 20.0. The molecule has 3 rings (SSSR count). The Balaban J connectivity index is 2.11. The molecule has 0 saturated heterocycles. The van der Waals surface area contributed by atoms with Crippen molar-refractivity contribution in [3.8, 4) is 0 Å². The molecular formula is C16H15BrN2O6S2. The molecule has 0 saturated carbocycles. The number of nitrogens with zero attached hydrogens (tertiary/aromatic N) is 1. The molecule has 0 amide bonds. The van der Waals surface area contributed by atoms with Crippen molar-refractivity contribution in [2.45, 2.75) is 16.2 Å². The van der Waals surface area contributed by atoms with Gasteiger partial charge in [-0.25, -0.2) is 26.8 Å². The molecule has 144 valence electrons. The fourth-order valence-electron chi connectivity index (χ4n) is 2.89. The third kappa shape index (κ3) is 3.59. The summed E-state index contributed by atoms with van der Waals surface area (Å²) < 4.78 is 55.8. The smallest absolute Gasteiger partial charge is 0.339 e. The summed E-state index contributed by atoms with van der Waals surface area (Å²) in [4.78, 5) is 11.8. The van der Waals surface area contributed by atoms with E-state index in [1.165, 1.54) is 43.5 Å². The Bertz CT molecular complexity index is 1150. The van der Waals surface area contributed by atoms with Gasteiger partial charge in [-0.1, -0.05) is 15.9 Å². The monoisotopic (exact) mass is 474 g/mol. The normalized spacial score (nSPS) is 14.1. The Morgan fingerprint density at radius 3 is 2.48 bits per heavy atom. The SMILES string of the molecule is COC(=O)c1cc(Br)ccc1S(=O)(=O)N1CCc2cc(S(N)(=O)=O)ccc21. The third-order valence-electron chi connectivity index (χ3n) is 4.15. The van der Waals surface area contributed by atoms with Gasteiger partial charge >= 0.3 is 5.97 Å². The molecule has 0 spiro atoms. The van der Waals surface area contributed by atoms with E-state index in [1.54, 1.807) is 0 Å². The van der Waals surface area contributed by atoms with Gasteiger partial charge in [0.05, 0.1) is 23.3 Å². The number of nitrogens with two attached hydrogens (primary N) is 1. The minimum absolute atomic E-state index is 0.0839. The van der Waals surface area contributed by atoms with Crippen LogP contribution in [0.2, 0.25) is 0 Å². The zero-order valence-electron chi connectivity index (χ0n) is 14.0. The first-order valence-electron chi connectivity index (χ1n) is 7.62. The molecule has 11 heteroatoms. The number of rotatable bonds is 4. The van der Waals surface area contributed by atoms with E-state index in [9.17, 15) is 21.6 Å². The molecule has 0 aliphatic carbocycles. The minimum Gasteiger partial charge on any atom is -0.465 e. The van der Waals surface area contributed by atoms with Gasteiger partial charge in [0.1, 0.15) is 4.90 Å². The maximum absolute atomic E-state index is 13.2. The quantitative estimate of drug-likeness (QED) is 0.671. The summed E-state index contributed by atoms with van der Waals surface area (Å²) in [6.07, 6.45) is 0.321. The standard InChI is InChI=1S/C16H15BrN2O6S2/c1-25-16(20)13-9-11(17)2-5-15(13)27(23,24)19-7-6-10-8-12(26(18,21)22)3-4-14(10)19/h2-5,8-9H,6-7H2,1H3,(H2,18,21,22). The molecule has 1 heterocycles. The highest BCUT2D eigenvalue weighted by Crippen LogP contribution is 2.35. The topological polar surface area (TPSA) is 124 Å². The number of hydrogen-bond acceptors (Lipinski definition) is 6. The van der Waals surface area contributed by atoms with Crippen molar-refractivity contribution in [1.29, 1.82) is 0 Å². The van der Waals surface area contributed by atoms with E-state index >= 15 is 0 Å². The molecule has 2 aromatic rings. The van der Waals surface area contributed by atoms with Crippen molar-refractivity contribution in [1.82, 2.24) is 0 Å². The van der Waals surface area contributed by atoms with Crippen LogP contribution in [0.15, 0.2) is 50.7 Å². The second kappa shape index (κ2) is 6.89. The lowest BCUT2D eigenvalue weighted by molar-refractivity contribution is 0.0596. The van der Waals surface area contributed by atoms with Crippen molar-refractivity contribution in [2.75, 3.05) is 18.0 Å². The zero-order valence-corrected chi connectivity index (χ0v) is 17.3. The van der Waals surface area contributed by atoms with Crippen molar-refractivity contribution in [3.63, 3.8) is 0 Å². The predicted molar refractivity (Wildman–Crippen MR) is 102 cm³/mol. The van der Waals surface area contributed by atoms with Gasteiger partial charge < -0.3 is 4.74 Å². The Kier molecular flexibility index (Phi) is 5.06. The maximum atomic E-state index is 13.2. The fraction of sp³-hybridized carbons (Fsp3) is 0.188. The molecule has 0 fully saturated rings. The predicted octanol–water partition coefficient (Wildman–Crippen LogP) is 1.63. The van der Waals surface area contributed by atoms with Crippen LogP contribution in [0.1, 0.15) is 15.9 Å². The van der Waals surface area contributed by atoms with Crippen LogP contribution >= 0.6 is 15.9 Å². The van der Waals surface area contributed by atoms with Gasteiger partial charge in [0.15, 0.2) is 0 Å². The number of fused-ring (bicyclic) bond motifs is 1. The van der Waals surface area contributed by atoms with Gasteiger partial charge in [0, 0.05) is 11.0 Å². The van der Waals surface area contributed by atoms with Crippen LogP contribution in [0.25, 0.3) is 0 Å². The Hall–Kier alpha value is -1.95. The number of anilines is 1. The fourth-order valence-corrected chi connectivity index (χ4v) is 5.48. The maximum Gasteiger partial charge on any atom is 0.339 e. The molecule has 2 N–H and O–H groups in total. The van der Waals surface area contributed by atoms with E-state index in [2.05, 4.69) is 20.7 Å². The summed E-state index contributed by atoms with van der Waals surface area (Å²) in [5, 5.41) is 5.13. The molecule has 27 heavy (non-hydrogen) atoms. The number of methoxy groups -OCH3 is 1. The van der Waals surface area contributed by atoms with E-state index in [1.807, 2.05) is 0 Å². The second-order valence-electron chi connectivity index (χ2n) is 5.79. The lowest BCUT2D eigenvalue weighted by atomic mass is 10.2. The molecule has 0 atom stereocenters. The van der Waals surface area contributed by atoms with E-state index in [0.717, 1.165) is 4.31 Å². The van der Waals surface area contributed by atoms with Crippen molar-refractivity contribution < 1.29 is 26.4 Å². The summed E-state index contributed by atoms with van der Waals surface area (Å²) in [7, 11) is -6.80. The van der Waals surface area contributed by atoms with Crippen LogP contribution in [0.4, 0.5) is 5.69 Å². The van der Waals surface area contributed by atoms with Crippen molar-refractivity contribution in [2.24, 2.45) is 5.14 Å². The lowest BCUT2D eigenvalue weighted by Crippen LogP contribution is -2.30. The molecule has 8 nitrogen and oxygen atoms in total. The van der Waals surface area contributed by atoms with E-state index < -0.39 is 26.0 Å². The largest absolute Gasteiger partial charge is 0.465 e. The number of halogens is 1. The average molecular weight is 475 g/mol. The number of carbonyl (C=O) groups is 1. The van der Waals surface area contributed by atoms with Gasteiger partial charge in [0.2, 0.25) is 10.0 Å². The van der Waals surface area contributed by atoms with Crippen LogP contribution in [0.3, 0.4) is 0 Å². The molecule has 1 aliphatic rings. The number of esters is 1. The molecule has 0 unspecified atom stereocenters. The number of carbonyl (C=O) groups excluding carboxylic acids is 1. The molecular weight excluding hydrogens is 460 g/mol. The van der Waals surface area contributed by atoms with Gasteiger partial charge in [0.25, 0.3) is 10.0 Å². The van der Waals surface area contributed by atoms with Gasteiger partial charge in [-0.15, -0.1) is 0 Å². The summed E-state index contributed by atoms with van der Waals surface area (Å²) in [6, 6.07) is 8.23. The van der Waals surface area contributed by atoms with Gasteiger partial charge in [-0.2, -0.15) is 0 Å². The highest BCUT2D eigenvalue weighted by atomic mass is 79.9. The highest BCUT2D eigenvalue weighted by molar-refractivity contribution is 9.10. The number of sulfonamides is 2. The third-order valence-corrected chi connectivity index (χ3v) is 7.42. The molecule has 1 aliphatic heterocycles. The first kappa shape index (κ1) is 19.8. The lowest BCUT2D eigenvalue weighted by Gasteiger charge is -2.21. The molecule has 0 aromatic heterocycles. The highest BCUT2D eigenvalue weighted by Gasteiger charge is 2.34. The average Bonchev–Trinajstić information content (AvgIpc) is 3.04. The Labute approximate surface area is 165 Å². The minimum atomic E-state index is -4.07. The van der Waals surface area contributed by atoms with Crippen molar-refractivity contribution in [3.05, 3.63) is 52.0 Å². The van der Waals surface area contributed by atoms with Gasteiger partial charge in [-0.3, -0.25) is 4.31 Å². The summed E-state index contributed by atoms with van der Waals surface area (Å²) >= 11 is 3.21. The van der Waals surface area contributed by atoms with Gasteiger partial charge in [-0.05, 0) is 48.4 Å². The van der Waals surface area contributed by atoms with Crippen LogP contribution < -0.4 is 9.44 Å². The van der Waals surface area contributed by atoms with Crippen LogP contribution in [-0.2, 0) is 31.2 Å². The number of ether oxygens (including phenoxy) is 1. The summed E-state index contributed by atoms with van der Waals surface area (Å²) in [6.45, 7) is 0.114. The van der Waals surface area contributed by atoms with Crippen molar-refractivity contribution >= 4 is 47.6 Å². The molecule has 0 bridgehead atoms. The summed E-state index contributed by atoms with van der Waals surface area (Å²) in [5.74, 6) is -0.779. The van der Waals surface area contributed by atoms with E-state index in [0.29, 0.717) is 22.1 Å². The van der Waals surface area contributed by atoms with E-state index in [4.69, 9.17) is 5.14 Å². The Morgan fingerprint density at radius 1 is 1.15 bits per heavy atom. The number of primary sulfonamides is 1. The Morgan fingerprint density at radius 2 is 1.85 bits per heavy atom. The molecule has 0 radical (unpaired) electrons. The molecule has 2 aromatic carbocycles. The number of hydrogen-bond donors (Lipinski definition) is 1. The van der Waals surface area contributed by atoms with Crippen LogP contribution in [-0.4, -0.2) is 36.5 Å². The van der Waals surface area contributed by atoms with E-state index in [-0.39, 0.29) is 21.9 Å². The van der Waals surface area contributed by atoms with Crippen LogP contribution in [0.5, 0.6) is 0 Å². The first-order chi connectivity index (χ1) is 12.6. The second-order valence-corrected chi connectivity index (χ2v) is 10.1.